The Bertz CT molecular complexity index is 637. The van der Waals surface area contributed by atoms with Gasteiger partial charge in [-0.2, -0.15) is 0 Å². The number of carbonyl (C=O) groups excluding carboxylic acids is 1. The third-order valence-corrected chi connectivity index (χ3v) is 6.74. The van der Waals surface area contributed by atoms with E-state index in [0.29, 0.717) is 11.9 Å². The summed E-state index contributed by atoms with van der Waals surface area (Å²) in [4.78, 5) is 20.4. The number of thioether (sulfide) groups is 1. The van der Waals surface area contributed by atoms with Crippen LogP contribution >= 0.6 is 35.7 Å². The van der Waals surface area contributed by atoms with Crippen molar-refractivity contribution >= 4 is 47.6 Å². The highest BCUT2D eigenvalue weighted by molar-refractivity contribution is 14.0. The van der Waals surface area contributed by atoms with E-state index < -0.39 is 0 Å². The maximum Gasteiger partial charge on any atom is 0.225 e. The highest BCUT2D eigenvalue weighted by Gasteiger charge is 2.31. The van der Waals surface area contributed by atoms with E-state index in [1.807, 2.05) is 24.9 Å². The van der Waals surface area contributed by atoms with Crippen molar-refractivity contribution in [2.75, 3.05) is 32.4 Å². The van der Waals surface area contributed by atoms with Gasteiger partial charge in [0.1, 0.15) is 0 Å². The molecule has 1 aliphatic carbocycles. The lowest BCUT2D eigenvalue weighted by Gasteiger charge is -2.26. The second-order valence-electron chi connectivity index (χ2n) is 7.76. The van der Waals surface area contributed by atoms with E-state index in [9.17, 15) is 4.79 Å². The molecule has 1 saturated heterocycles. The summed E-state index contributed by atoms with van der Waals surface area (Å²) >= 11 is 1.89. The lowest BCUT2D eigenvalue weighted by molar-refractivity contribution is -0.135. The number of aliphatic imine (C=N–C) groups is 1. The van der Waals surface area contributed by atoms with Gasteiger partial charge < -0.3 is 15.5 Å². The van der Waals surface area contributed by atoms with Gasteiger partial charge in [-0.05, 0) is 43.6 Å². The fourth-order valence-electron chi connectivity index (χ4n) is 4.06. The number of nitrogens with zero attached hydrogens (tertiary/aromatic N) is 2. The van der Waals surface area contributed by atoms with E-state index in [1.165, 1.54) is 24.2 Å². The van der Waals surface area contributed by atoms with Gasteiger partial charge >= 0.3 is 0 Å². The van der Waals surface area contributed by atoms with Crippen molar-refractivity contribution in [2.24, 2.45) is 10.9 Å². The molecule has 2 fully saturated rings. The molecule has 5 nitrogen and oxygen atoms in total. The summed E-state index contributed by atoms with van der Waals surface area (Å²) in [5, 5.41) is 6.91. The van der Waals surface area contributed by atoms with Crippen LogP contribution in [0.25, 0.3) is 0 Å². The van der Waals surface area contributed by atoms with E-state index in [0.717, 1.165) is 57.0 Å². The number of rotatable bonds is 7. The number of benzene rings is 1. The molecule has 162 valence electrons. The van der Waals surface area contributed by atoms with Crippen LogP contribution in [-0.2, 0) is 4.79 Å². The van der Waals surface area contributed by atoms with E-state index in [4.69, 9.17) is 0 Å². The number of halogens is 1. The first-order valence-electron chi connectivity index (χ1n) is 10.7. The summed E-state index contributed by atoms with van der Waals surface area (Å²) in [6, 6.07) is 10.8. The monoisotopic (exact) mass is 530 g/mol. The van der Waals surface area contributed by atoms with Gasteiger partial charge in [-0.15, -0.1) is 35.7 Å². The minimum atomic E-state index is 0. The van der Waals surface area contributed by atoms with Gasteiger partial charge in [0, 0.05) is 43.5 Å². The molecule has 29 heavy (non-hydrogen) atoms. The van der Waals surface area contributed by atoms with Gasteiger partial charge in [0.05, 0.1) is 0 Å². The minimum Gasteiger partial charge on any atom is -0.356 e. The van der Waals surface area contributed by atoms with Crippen LogP contribution in [0.4, 0.5) is 0 Å². The molecule has 7 heteroatoms. The normalized spacial score (nSPS) is 20.2. The first-order valence-corrected chi connectivity index (χ1v) is 11.7. The fraction of sp³-hybridized carbons (Fsp3) is 0.636. The molecular formula is C22H35IN4OS. The maximum absolute atomic E-state index is 12.7. The summed E-state index contributed by atoms with van der Waals surface area (Å²) in [6.07, 6.45) is 7.96. The molecule has 0 spiro atoms. The van der Waals surface area contributed by atoms with Gasteiger partial charge in [0.2, 0.25) is 5.91 Å². The lowest BCUT2D eigenvalue weighted by Crippen LogP contribution is -2.45. The zero-order valence-corrected chi connectivity index (χ0v) is 20.6. The molecule has 0 radical (unpaired) electrons. The third kappa shape index (κ3) is 8.00. The summed E-state index contributed by atoms with van der Waals surface area (Å²) in [7, 11) is 1.81. The maximum atomic E-state index is 12.7. The molecule has 1 aliphatic heterocycles. The Morgan fingerprint density at radius 3 is 2.66 bits per heavy atom. The Morgan fingerprint density at radius 1 is 1.17 bits per heavy atom. The van der Waals surface area contributed by atoms with Gasteiger partial charge in [0.25, 0.3) is 0 Å². The van der Waals surface area contributed by atoms with E-state index in [1.54, 1.807) is 0 Å². The fourth-order valence-corrected chi connectivity index (χ4v) is 4.93. The predicted octanol–water partition coefficient (Wildman–Crippen LogP) is 4.13. The number of likely N-dealkylation sites (tertiary alicyclic amines) is 1. The molecule has 1 amide bonds. The average molecular weight is 531 g/mol. The molecule has 1 heterocycles. The van der Waals surface area contributed by atoms with Crippen molar-refractivity contribution in [1.82, 2.24) is 15.5 Å². The van der Waals surface area contributed by atoms with Crippen molar-refractivity contribution in [3.05, 3.63) is 30.3 Å². The van der Waals surface area contributed by atoms with E-state index in [2.05, 4.69) is 44.8 Å². The molecule has 0 aromatic heterocycles. The minimum absolute atomic E-state index is 0. The van der Waals surface area contributed by atoms with Crippen molar-refractivity contribution in [2.45, 2.75) is 55.9 Å². The largest absolute Gasteiger partial charge is 0.356 e. The Hall–Kier alpha value is -0.960. The predicted molar refractivity (Wildman–Crippen MR) is 133 cm³/mol. The van der Waals surface area contributed by atoms with E-state index >= 15 is 0 Å². The van der Waals surface area contributed by atoms with Crippen LogP contribution in [0.2, 0.25) is 0 Å². The number of amides is 1. The van der Waals surface area contributed by atoms with Gasteiger partial charge in [-0.25, -0.2) is 0 Å². The summed E-state index contributed by atoms with van der Waals surface area (Å²) in [5.74, 6) is 2.58. The average Bonchev–Trinajstić information content (AvgIpc) is 3.22. The van der Waals surface area contributed by atoms with Crippen LogP contribution in [-0.4, -0.2) is 55.2 Å². The van der Waals surface area contributed by atoms with Crippen LogP contribution < -0.4 is 10.6 Å². The Kier molecular flexibility index (Phi) is 11.2. The Balaban J connectivity index is 0.00000300. The molecule has 2 N–H and O–H groups in total. The first-order chi connectivity index (χ1) is 13.8. The van der Waals surface area contributed by atoms with Crippen molar-refractivity contribution in [3.63, 3.8) is 0 Å². The molecule has 1 aromatic rings. The summed E-state index contributed by atoms with van der Waals surface area (Å²) in [6.45, 7) is 2.58. The SMILES string of the molecule is CN=C(NCCCSc1ccccc1)NC1CCN(C(=O)C2CCCCC2)C1.I. The Morgan fingerprint density at radius 2 is 1.93 bits per heavy atom. The molecule has 1 atom stereocenters. The van der Waals surface area contributed by atoms with Gasteiger partial charge in [0.15, 0.2) is 5.96 Å². The standard InChI is InChI=1S/C22H34N4OS.HI/c1-23-22(24-14-8-16-28-20-11-6-3-7-12-20)25-19-13-15-26(17-19)21(27)18-9-4-2-5-10-18;/h3,6-7,11-12,18-19H,2,4-5,8-10,13-17H2,1H3,(H2,23,24,25);1H. The number of hydrogen-bond donors (Lipinski definition) is 2. The number of nitrogens with one attached hydrogen (secondary N) is 2. The number of carbonyl (C=O) groups is 1. The van der Waals surface area contributed by atoms with E-state index in [-0.39, 0.29) is 29.9 Å². The van der Waals surface area contributed by atoms with Crippen molar-refractivity contribution < 1.29 is 4.79 Å². The second kappa shape index (κ2) is 13.4. The zero-order valence-electron chi connectivity index (χ0n) is 17.4. The van der Waals surface area contributed by atoms with Crippen LogP contribution in [0.3, 0.4) is 0 Å². The molecule has 1 aromatic carbocycles. The highest BCUT2D eigenvalue weighted by atomic mass is 127. The quantitative estimate of drug-likeness (QED) is 0.183. The number of guanidine groups is 1. The lowest BCUT2D eigenvalue weighted by atomic mass is 9.88. The Labute approximate surface area is 196 Å². The topological polar surface area (TPSA) is 56.7 Å². The van der Waals surface area contributed by atoms with Gasteiger partial charge in [-0.1, -0.05) is 37.5 Å². The molecular weight excluding hydrogens is 495 g/mol. The third-order valence-electron chi connectivity index (χ3n) is 5.64. The first kappa shape index (κ1) is 24.3. The van der Waals surface area contributed by atoms with Crippen LogP contribution in [0.15, 0.2) is 40.2 Å². The molecule has 2 aliphatic rings. The highest BCUT2D eigenvalue weighted by Crippen LogP contribution is 2.26. The van der Waals surface area contributed by atoms with Gasteiger partial charge in [-0.3, -0.25) is 9.79 Å². The summed E-state index contributed by atoms with van der Waals surface area (Å²) in [5.41, 5.74) is 0. The zero-order chi connectivity index (χ0) is 19.6. The summed E-state index contributed by atoms with van der Waals surface area (Å²) < 4.78 is 0. The van der Waals surface area contributed by atoms with Crippen LogP contribution in [0.1, 0.15) is 44.9 Å². The van der Waals surface area contributed by atoms with Crippen LogP contribution in [0, 0.1) is 5.92 Å². The molecule has 1 saturated carbocycles. The van der Waals surface area contributed by atoms with Crippen molar-refractivity contribution in [1.29, 1.82) is 0 Å². The smallest absolute Gasteiger partial charge is 0.225 e. The molecule has 1 unspecified atom stereocenters. The number of hydrogen-bond acceptors (Lipinski definition) is 3. The molecule has 0 bridgehead atoms. The van der Waals surface area contributed by atoms with Crippen molar-refractivity contribution in [3.8, 4) is 0 Å². The second-order valence-corrected chi connectivity index (χ2v) is 8.93. The van der Waals surface area contributed by atoms with Crippen LogP contribution in [0.5, 0.6) is 0 Å². The molecule has 3 rings (SSSR count).